The van der Waals surface area contributed by atoms with Gasteiger partial charge in [0.25, 0.3) is 0 Å². The van der Waals surface area contributed by atoms with Crippen LogP contribution in [0.15, 0.2) is 109 Å². The van der Waals surface area contributed by atoms with Crippen molar-refractivity contribution < 1.29 is 28.7 Å². The third-order valence-corrected chi connectivity index (χ3v) is 8.67. The van der Waals surface area contributed by atoms with Gasteiger partial charge in [0, 0.05) is 24.5 Å². The summed E-state index contributed by atoms with van der Waals surface area (Å²) in [4.78, 5) is 54.6. The van der Waals surface area contributed by atoms with E-state index in [-0.39, 0.29) is 31.6 Å². The standard InChI is InChI=1S/C42H46N4O6/c1-2-3-27-45(41(49)51-30-34-12-6-4-7-13-34)29-39(47)43-36-23-19-32(20-24-36)17-18-33-21-25-37(26-22-33)44-40(48)38-16-10-11-28-46(38)42(50)52-31-35-14-8-5-9-15-35/h4-9,12-15,17-26,38H,2-3,10-11,16,27-31H2,1H3,(H,43,47)(H,44,48)/b18-17+/t38-/m0/s1. The maximum absolute atomic E-state index is 13.2. The summed E-state index contributed by atoms with van der Waals surface area (Å²) in [6, 6.07) is 33.2. The van der Waals surface area contributed by atoms with E-state index >= 15 is 0 Å². The second-order valence-electron chi connectivity index (χ2n) is 12.7. The number of anilines is 2. The quantitative estimate of drug-likeness (QED) is 0.128. The van der Waals surface area contributed by atoms with Gasteiger partial charge in [0.2, 0.25) is 11.8 Å². The van der Waals surface area contributed by atoms with Gasteiger partial charge in [-0.15, -0.1) is 0 Å². The molecule has 1 atom stereocenters. The van der Waals surface area contributed by atoms with Crippen molar-refractivity contribution in [1.29, 1.82) is 0 Å². The maximum Gasteiger partial charge on any atom is 0.410 e. The van der Waals surface area contributed by atoms with Crippen molar-refractivity contribution >= 4 is 47.5 Å². The van der Waals surface area contributed by atoms with Gasteiger partial charge < -0.3 is 20.1 Å². The summed E-state index contributed by atoms with van der Waals surface area (Å²) in [6.07, 6.45) is 6.83. The molecular formula is C42H46N4O6. The fraction of sp³-hybridized carbons (Fsp3) is 0.286. The van der Waals surface area contributed by atoms with Gasteiger partial charge in [-0.3, -0.25) is 19.4 Å². The number of unbranched alkanes of at least 4 members (excludes halogenated alkanes) is 1. The Morgan fingerprint density at radius 3 is 1.87 bits per heavy atom. The minimum atomic E-state index is -0.592. The van der Waals surface area contributed by atoms with Crippen molar-refractivity contribution in [2.45, 2.75) is 58.3 Å². The molecule has 0 bridgehead atoms. The molecule has 1 fully saturated rings. The topological polar surface area (TPSA) is 117 Å². The number of nitrogens with zero attached hydrogens (tertiary/aromatic N) is 2. The maximum atomic E-state index is 13.2. The monoisotopic (exact) mass is 702 g/mol. The van der Waals surface area contributed by atoms with Crippen LogP contribution in [-0.4, -0.2) is 59.5 Å². The number of carbonyl (C=O) groups excluding carboxylic acids is 4. The molecule has 0 aromatic heterocycles. The average molecular weight is 703 g/mol. The van der Waals surface area contributed by atoms with Crippen LogP contribution in [0.4, 0.5) is 21.0 Å². The van der Waals surface area contributed by atoms with Crippen molar-refractivity contribution in [1.82, 2.24) is 9.80 Å². The molecule has 270 valence electrons. The zero-order chi connectivity index (χ0) is 36.5. The number of piperidine rings is 1. The summed E-state index contributed by atoms with van der Waals surface area (Å²) in [5.74, 6) is -0.536. The third kappa shape index (κ3) is 11.6. The number of hydrogen-bond donors (Lipinski definition) is 2. The Morgan fingerprint density at radius 1 is 0.731 bits per heavy atom. The minimum absolute atomic E-state index is 0.105. The van der Waals surface area contributed by atoms with E-state index in [1.807, 2.05) is 128 Å². The van der Waals surface area contributed by atoms with Gasteiger partial charge in [-0.05, 0) is 72.2 Å². The van der Waals surface area contributed by atoms with Crippen molar-refractivity contribution in [3.05, 3.63) is 131 Å². The van der Waals surface area contributed by atoms with Crippen LogP contribution >= 0.6 is 0 Å². The van der Waals surface area contributed by atoms with Gasteiger partial charge in [0.1, 0.15) is 25.8 Å². The number of benzene rings is 4. The first-order chi connectivity index (χ1) is 25.4. The van der Waals surface area contributed by atoms with E-state index in [1.165, 1.54) is 9.80 Å². The Kier molecular flexibility index (Phi) is 14.0. The lowest BCUT2D eigenvalue weighted by Crippen LogP contribution is -2.50. The van der Waals surface area contributed by atoms with E-state index < -0.39 is 18.2 Å². The van der Waals surface area contributed by atoms with Crippen LogP contribution in [0.5, 0.6) is 0 Å². The molecule has 1 heterocycles. The summed E-state index contributed by atoms with van der Waals surface area (Å²) in [5, 5.41) is 5.83. The molecule has 1 saturated heterocycles. The third-order valence-electron chi connectivity index (χ3n) is 8.67. The van der Waals surface area contributed by atoms with Gasteiger partial charge in [0.05, 0.1) is 0 Å². The summed E-state index contributed by atoms with van der Waals surface area (Å²) < 4.78 is 11.0. The Hall–Kier alpha value is -5.90. The number of carbonyl (C=O) groups is 4. The molecule has 1 aliphatic heterocycles. The number of hydrogen-bond acceptors (Lipinski definition) is 6. The van der Waals surface area contributed by atoms with Crippen molar-refractivity contribution in [3.8, 4) is 0 Å². The van der Waals surface area contributed by atoms with Crippen LogP contribution in [-0.2, 0) is 32.3 Å². The molecule has 0 spiro atoms. The van der Waals surface area contributed by atoms with Gasteiger partial charge in [-0.1, -0.05) is 110 Å². The van der Waals surface area contributed by atoms with E-state index in [9.17, 15) is 19.2 Å². The molecule has 2 N–H and O–H groups in total. The predicted octanol–water partition coefficient (Wildman–Crippen LogP) is 8.36. The summed E-state index contributed by atoms with van der Waals surface area (Å²) in [6.45, 7) is 3.14. The lowest BCUT2D eigenvalue weighted by molar-refractivity contribution is -0.122. The van der Waals surface area contributed by atoms with Gasteiger partial charge in [0.15, 0.2) is 0 Å². The van der Waals surface area contributed by atoms with Crippen molar-refractivity contribution in [3.63, 3.8) is 0 Å². The van der Waals surface area contributed by atoms with Crippen LogP contribution in [0.2, 0.25) is 0 Å². The predicted molar refractivity (Wildman–Crippen MR) is 203 cm³/mol. The Morgan fingerprint density at radius 2 is 1.29 bits per heavy atom. The number of amides is 4. The number of likely N-dealkylation sites (tertiary alicyclic amines) is 1. The highest BCUT2D eigenvalue weighted by molar-refractivity contribution is 5.97. The molecule has 0 aliphatic carbocycles. The fourth-order valence-electron chi connectivity index (χ4n) is 5.77. The van der Waals surface area contributed by atoms with Gasteiger partial charge >= 0.3 is 12.2 Å². The number of nitrogens with one attached hydrogen (secondary N) is 2. The van der Waals surface area contributed by atoms with E-state index in [1.54, 1.807) is 0 Å². The van der Waals surface area contributed by atoms with Crippen molar-refractivity contribution in [2.24, 2.45) is 0 Å². The summed E-state index contributed by atoms with van der Waals surface area (Å²) in [5.41, 5.74) is 4.91. The molecule has 0 unspecified atom stereocenters. The van der Waals surface area contributed by atoms with E-state index in [2.05, 4.69) is 10.6 Å². The van der Waals surface area contributed by atoms with Crippen LogP contribution in [0, 0.1) is 0 Å². The smallest absolute Gasteiger partial charge is 0.410 e. The first kappa shape index (κ1) is 37.4. The number of ether oxygens (including phenoxy) is 2. The highest BCUT2D eigenvalue weighted by Crippen LogP contribution is 2.21. The highest BCUT2D eigenvalue weighted by Gasteiger charge is 2.33. The Labute approximate surface area is 305 Å². The first-order valence-electron chi connectivity index (χ1n) is 17.8. The minimum Gasteiger partial charge on any atom is -0.445 e. The largest absolute Gasteiger partial charge is 0.445 e. The highest BCUT2D eigenvalue weighted by atomic mass is 16.6. The SMILES string of the molecule is CCCCN(CC(=O)Nc1ccc(/C=C/c2ccc(NC(=O)[C@@H]3CCCCN3C(=O)OCc3ccccc3)cc2)cc1)C(=O)OCc1ccccc1. The second-order valence-corrected chi connectivity index (χ2v) is 12.7. The summed E-state index contributed by atoms with van der Waals surface area (Å²) in [7, 11) is 0. The van der Waals surface area contributed by atoms with E-state index in [0.717, 1.165) is 47.9 Å². The van der Waals surface area contributed by atoms with Crippen LogP contribution in [0.3, 0.4) is 0 Å². The molecule has 1 aliphatic rings. The zero-order valence-corrected chi connectivity index (χ0v) is 29.5. The molecule has 4 aromatic carbocycles. The molecular weight excluding hydrogens is 656 g/mol. The molecule has 4 amide bonds. The van der Waals surface area contributed by atoms with Crippen LogP contribution in [0.25, 0.3) is 12.2 Å². The number of rotatable bonds is 14. The Balaban J connectivity index is 1.09. The molecule has 10 nitrogen and oxygen atoms in total. The lowest BCUT2D eigenvalue weighted by atomic mass is 10.0. The summed E-state index contributed by atoms with van der Waals surface area (Å²) >= 11 is 0. The van der Waals surface area contributed by atoms with Crippen LogP contribution < -0.4 is 10.6 Å². The molecule has 4 aromatic rings. The average Bonchev–Trinajstić information content (AvgIpc) is 3.18. The molecule has 0 saturated carbocycles. The lowest BCUT2D eigenvalue weighted by Gasteiger charge is -2.33. The molecule has 0 radical (unpaired) electrons. The second kappa shape index (κ2) is 19.5. The molecule has 10 heteroatoms. The molecule has 52 heavy (non-hydrogen) atoms. The van der Waals surface area contributed by atoms with Crippen LogP contribution in [0.1, 0.15) is 61.3 Å². The van der Waals surface area contributed by atoms with E-state index in [0.29, 0.717) is 30.9 Å². The van der Waals surface area contributed by atoms with Crippen molar-refractivity contribution in [2.75, 3.05) is 30.3 Å². The normalized spacial score (nSPS) is 14.0. The fourth-order valence-corrected chi connectivity index (χ4v) is 5.77. The van der Waals surface area contributed by atoms with E-state index in [4.69, 9.17) is 9.47 Å². The Bertz CT molecular complexity index is 1780. The molecule has 5 rings (SSSR count). The van der Waals surface area contributed by atoms with Gasteiger partial charge in [-0.2, -0.15) is 0 Å². The first-order valence-corrected chi connectivity index (χ1v) is 17.8. The van der Waals surface area contributed by atoms with Gasteiger partial charge in [-0.25, -0.2) is 9.59 Å². The zero-order valence-electron chi connectivity index (χ0n) is 29.5.